The van der Waals surface area contributed by atoms with E-state index in [0.29, 0.717) is 45.8 Å². The molecule has 0 aliphatic carbocycles. The Morgan fingerprint density at radius 2 is 1.63 bits per heavy atom. The first-order chi connectivity index (χ1) is 12.5. The third kappa shape index (κ3) is 5.67. The van der Waals surface area contributed by atoms with Gasteiger partial charge in [-0.25, -0.2) is 0 Å². The van der Waals surface area contributed by atoms with Gasteiger partial charge in [-0.2, -0.15) is 0 Å². The lowest BCUT2D eigenvalue weighted by Gasteiger charge is -2.37. The number of aryl methyl sites for hydroxylation is 1. The molecule has 0 saturated carbocycles. The van der Waals surface area contributed by atoms with Gasteiger partial charge in [0.05, 0.1) is 12.5 Å². The van der Waals surface area contributed by atoms with Crippen LogP contribution in [0.25, 0.3) is 0 Å². The summed E-state index contributed by atoms with van der Waals surface area (Å²) in [6.07, 6.45) is 2.11. The number of ether oxygens (including phenoxy) is 1. The molecular weight excluding hydrogens is 366 g/mol. The summed E-state index contributed by atoms with van der Waals surface area (Å²) in [7, 11) is 0. The average Bonchev–Trinajstić information content (AvgIpc) is 2.69. The Hall–Kier alpha value is -1.63. The number of benzene rings is 1. The molecular formula is C20H30ClN3O3. The van der Waals surface area contributed by atoms with Crippen molar-refractivity contribution in [1.82, 2.24) is 9.80 Å². The molecule has 2 heterocycles. The first-order valence-corrected chi connectivity index (χ1v) is 9.50. The van der Waals surface area contributed by atoms with Crippen LogP contribution in [0.3, 0.4) is 0 Å². The van der Waals surface area contributed by atoms with E-state index in [2.05, 4.69) is 0 Å². The number of hydrogen-bond acceptors (Lipinski definition) is 4. The van der Waals surface area contributed by atoms with E-state index in [9.17, 15) is 9.59 Å². The summed E-state index contributed by atoms with van der Waals surface area (Å²) in [5.74, 6) is 0.342. The summed E-state index contributed by atoms with van der Waals surface area (Å²) in [4.78, 5) is 28.8. The maximum absolute atomic E-state index is 12.7. The molecule has 1 atom stereocenters. The minimum Gasteiger partial charge on any atom is -0.381 e. The lowest BCUT2D eigenvalue weighted by Crippen LogP contribution is -2.56. The van der Waals surface area contributed by atoms with Gasteiger partial charge in [0.2, 0.25) is 11.8 Å². The van der Waals surface area contributed by atoms with Gasteiger partial charge in [0.25, 0.3) is 0 Å². The fourth-order valence-corrected chi connectivity index (χ4v) is 3.66. The monoisotopic (exact) mass is 395 g/mol. The number of nitrogens with two attached hydrogens (primary N) is 1. The van der Waals surface area contributed by atoms with Gasteiger partial charge in [-0.1, -0.05) is 29.8 Å². The van der Waals surface area contributed by atoms with Crippen LogP contribution in [0.2, 0.25) is 0 Å². The van der Waals surface area contributed by atoms with Crippen LogP contribution >= 0.6 is 12.4 Å². The molecule has 1 unspecified atom stereocenters. The molecule has 0 aromatic heterocycles. The predicted molar refractivity (Wildman–Crippen MR) is 107 cm³/mol. The third-order valence-electron chi connectivity index (χ3n) is 5.48. The van der Waals surface area contributed by atoms with E-state index < -0.39 is 6.04 Å². The second-order valence-corrected chi connectivity index (χ2v) is 7.34. The summed E-state index contributed by atoms with van der Waals surface area (Å²) in [5.41, 5.74) is 8.42. The van der Waals surface area contributed by atoms with Crippen molar-refractivity contribution in [2.75, 3.05) is 39.4 Å². The van der Waals surface area contributed by atoms with E-state index in [1.165, 1.54) is 5.56 Å². The fourth-order valence-electron chi connectivity index (χ4n) is 3.66. The number of piperazine rings is 1. The SMILES string of the molecule is Cc1ccc(CC(=O)N2CCN(C(=O)C(N)C3CCOCC3)CC2)cc1.Cl. The molecule has 1 aromatic carbocycles. The van der Waals surface area contributed by atoms with E-state index in [1.807, 2.05) is 41.0 Å². The van der Waals surface area contributed by atoms with E-state index in [-0.39, 0.29) is 30.1 Å². The topological polar surface area (TPSA) is 75.9 Å². The second kappa shape index (κ2) is 10.1. The first-order valence-electron chi connectivity index (χ1n) is 9.50. The van der Waals surface area contributed by atoms with Crippen LogP contribution in [0.5, 0.6) is 0 Å². The van der Waals surface area contributed by atoms with E-state index in [0.717, 1.165) is 18.4 Å². The summed E-state index contributed by atoms with van der Waals surface area (Å²) >= 11 is 0. The molecule has 2 fully saturated rings. The van der Waals surface area contributed by atoms with Crippen molar-refractivity contribution < 1.29 is 14.3 Å². The highest BCUT2D eigenvalue weighted by atomic mass is 35.5. The van der Waals surface area contributed by atoms with Crippen LogP contribution in [0, 0.1) is 12.8 Å². The van der Waals surface area contributed by atoms with Crippen molar-refractivity contribution in [2.45, 2.75) is 32.2 Å². The Kier molecular flexibility index (Phi) is 8.07. The van der Waals surface area contributed by atoms with Crippen LogP contribution in [0.4, 0.5) is 0 Å². The van der Waals surface area contributed by atoms with Gasteiger partial charge in [0.15, 0.2) is 0 Å². The highest BCUT2D eigenvalue weighted by Crippen LogP contribution is 2.19. The summed E-state index contributed by atoms with van der Waals surface area (Å²) in [6.45, 7) is 5.70. The fraction of sp³-hybridized carbons (Fsp3) is 0.600. The molecule has 2 amide bonds. The molecule has 150 valence electrons. The Morgan fingerprint density at radius 3 is 2.22 bits per heavy atom. The molecule has 2 saturated heterocycles. The maximum Gasteiger partial charge on any atom is 0.239 e. The molecule has 3 rings (SSSR count). The van der Waals surface area contributed by atoms with Gasteiger partial charge < -0.3 is 20.3 Å². The number of carbonyl (C=O) groups is 2. The predicted octanol–water partition coefficient (Wildman–Crippen LogP) is 1.38. The van der Waals surface area contributed by atoms with E-state index in [1.54, 1.807) is 0 Å². The summed E-state index contributed by atoms with van der Waals surface area (Å²) in [5, 5.41) is 0. The smallest absolute Gasteiger partial charge is 0.239 e. The van der Waals surface area contributed by atoms with Crippen LogP contribution < -0.4 is 5.73 Å². The van der Waals surface area contributed by atoms with Crippen LogP contribution in [-0.2, 0) is 20.7 Å². The highest BCUT2D eigenvalue weighted by molar-refractivity contribution is 5.85. The largest absolute Gasteiger partial charge is 0.381 e. The normalized spacial score (nSPS) is 19.3. The van der Waals surface area contributed by atoms with Gasteiger partial charge in [-0.3, -0.25) is 9.59 Å². The van der Waals surface area contributed by atoms with Gasteiger partial charge in [0, 0.05) is 39.4 Å². The van der Waals surface area contributed by atoms with Crippen LogP contribution in [0.15, 0.2) is 24.3 Å². The van der Waals surface area contributed by atoms with Crippen molar-refractivity contribution in [3.63, 3.8) is 0 Å². The van der Waals surface area contributed by atoms with Gasteiger partial charge in [-0.05, 0) is 31.2 Å². The Labute approximate surface area is 167 Å². The van der Waals surface area contributed by atoms with E-state index >= 15 is 0 Å². The van der Waals surface area contributed by atoms with Crippen molar-refractivity contribution >= 4 is 24.2 Å². The number of halogens is 1. The van der Waals surface area contributed by atoms with Gasteiger partial charge in [0.1, 0.15) is 0 Å². The molecule has 27 heavy (non-hydrogen) atoms. The second-order valence-electron chi connectivity index (χ2n) is 7.34. The Balaban J connectivity index is 0.00000261. The molecule has 0 radical (unpaired) electrons. The van der Waals surface area contributed by atoms with Gasteiger partial charge in [-0.15, -0.1) is 12.4 Å². The summed E-state index contributed by atoms with van der Waals surface area (Å²) < 4.78 is 5.35. The number of carbonyl (C=O) groups excluding carboxylic acids is 2. The number of hydrogen-bond donors (Lipinski definition) is 1. The molecule has 7 heteroatoms. The van der Waals surface area contributed by atoms with Crippen LogP contribution in [-0.4, -0.2) is 67.0 Å². The molecule has 6 nitrogen and oxygen atoms in total. The van der Waals surface area contributed by atoms with Crippen molar-refractivity contribution in [3.8, 4) is 0 Å². The zero-order valence-electron chi connectivity index (χ0n) is 15.9. The van der Waals surface area contributed by atoms with Crippen molar-refractivity contribution in [3.05, 3.63) is 35.4 Å². The molecule has 0 bridgehead atoms. The molecule has 2 N–H and O–H groups in total. The van der Waals surface area contributed by atoms with Crippen molar-refractivity contribution in [1.29, 1.82) is 0 Å². The lowest BCUT2D eigenvalue weighted by atomic mass is 9.91. The third-order valence-corrected chi connectivity index (χ3v) is 5.48. The Bertz CT molecular complexity index is 624. The highest BCUT2D eigenvalue weighted by Gasteiger charge is 2.32. The minimum atomic E-state index is -0.450. The van der Waals surface area contributed by atoms with Gasteiger partial charge >= 0.3 is 0 Å². The number of amides is 2. The first kappa shape index (κ1) is 21.7. The van der Waals surface area contributed by atoms with Crippen molar-refractivity contribution in [2.24, 2.45) is 11.7 Å². The van der Waals surface area contributed by atoms with E-state index in [4.69, 9.17) is 10.5 Å². The standard InChI is InChI=1S/C20H29N3O3.ClH/c1-15-2-4-16(5-3-15)14-18(24)22-8-10-23(11-9-22)20(25)19(21)17-6-12-26-13-7-17;/h2-5,17,19H,6-14,21H2,1H3;1H. The minimum absolute atomic E-state index is 0. The van der Waals surface area contributed by atoms with Crippen LogP contribution in [0.1, 0.15) is 24.0 Å². The summed E-state index contributed by atoms with van der Waals surface area (Å²) in [6, 6.07) is 7.60. The maximum atomic E-state index is 12.7. The number of rotatable bonds is 4. The Morgan fingerprint density at radius 1 is 1.07 bits per heavy atom. The molecule has 2 aliphatic heterocycles. The number of nitrogens with zero attached hydrogens (tertiary/aromatic N) is 2. The molecule has 1 aromatic rings. The zero-order chi connectivity index (χ0) is 18.5. The quantitative estimate of drug-likeness (QED) is 0.835. The molecule has 2 aliphatic rings. The average molecular weight is 396 g/mol. The molecule has 0 spiro atoms. The lowest BCUT2D eigenvalue weighted by molar-refractivity contribution is -0.141. The zero-order valence-corrected chi connectivity index (χ0v) is 16.7.